The van der Waals surface area contributed by atoms with E-state index in [9.17, 15) is 4.79 Å². The normalized spacial score (nSPS) is 9.80. The zero-order valence-electron chi connectivity index (χ0n) is 8.47. The van der Waals surface area contributed by atoms with Crippen molar-refractivity contribution >= 4 is 5.91 Å². The number of benzene rings is 1. The molecule has 6 heteroatoms. The summed E-state index contributed by atoms with van der Waals surface area (Å²) in [6, 6.07) is 6.23. The van der Waals surface area contributed by atoms with Crippen LogP contribution in [-0.4, -0.2) is 25.4 Å². The van der Waals surface area contributed by atoms with E-state index < -0.39 is 5.91 Å². The molecule has 0 saturated heterocycles. The number of rotatable bonds is 4. The van der Waals surface area contributed by atoms with Gasteiger partial charge < -0.3 is 4.84 Å². The van der Waals surface area contributed by atoms with Gasteiger partial charge in [-0.25, -0.2) is 9.68 Å². The van der Waals surface area contributed by atoms with Gasteiger partial charge in [0.25, 0.3) is 0 Å². The van der Waals surface area contributed by atoms with Gasteiger partial charge in [0.15, 0.2) is 0 Å². The third kappa shape index (κ3) is 2.66. The average molecular weight is 212 g/mol. The molecule has 6 nitrogen and oxygen atoms in total. The second-order valence-electron chi connectivity index (χ2n) is 2.57. The second-order valence-corrected chi connectivity index (χ2v) is 2.57. The van der Waals surface area contributed by atoms with Crippen LogP contribution in [0.5, 0.6) is 5.75 Å². The van der Waals surface area contributed by atoms with E-state index in [0.29, 0.717) is 11.3 Å². The number of carbonyl (C=O) groups is 1. The first-order valence-electron chi connectivity index (χ1n) is 4.12. The molecule has 0 fully saturated rings. The molecule has 1 aromatic rings. The van der Waals surface area contributed by atoms with Crippen LogP contribution < -0.4 is 10.7 Å². The van der Waals surface area contributed by atoms with Gasteiger partial charge in [0.05, 0.1) is 14.2 Å². The van der Waals surface area contributed by atoms with Crippen LogP contribution in [0.4, 0.5) is 0 Å². The van der Waals surface area contributed by atoms with Gasteiger partial charge in [0.1, 0.15) is 5.75 Å². The summed E-state index contributed by atoms with van der Waals surface area (Å²) < 4.78 is 0. The maximum atomic E-state index is 11.6. The first kappa shape index (κ1) is 11.4. The molecular weight excluding hydrogens is 200 g/mol. The Kier molecular flexibility index (Phi) is 4.04. The minimum atomic E-state index is -0.413. The molecule has 1 aromatic carbocycles. The lowest BCUT2D eigenvalue weighted by molar-refractivity contribution is -0.299. The molecule has 82 valence electrons. The Balaban J connectivity index is 2.82. The third-order valence-corrected chi connectivity index (χ3v) is 1.73. The van der Waals surface area contributed by atoms with Crippen molar-refractivity contribution < 1.29 is 19.3 Å². The van der Waals surface area contributed by atoms with E-state index in [-0.39, 0.29) is 0 Å². The van der Waals surface area contributed by atoms with Crippen LogP contribution >= 0.6 is 0 Å². The Bertz CT molecular complexity index is 321. The number of amides is 1. The Hall–Kier alpha value is -1.63. The summed E-state index contributed by atoms with van der Waals surface area (Å²) in [6.45, 7) is 0. The predicted molar refractivity (Wildman–Crippen MR) is 51.4 cm³/mol. The maximum absolute atomic E-state index is 11.6. The van der Waals surface area contributed by atoms with E-state index >= 15 is 0 Å². The molecule has 0 unspecified atom stereocenters. The first-order valence-corrected chi connectivity index (χ1v) is 4.12. The number of nitrogens with two attached hydrogens (primary N) is 1. The van der Waals surface area contributed by atoms with Crippen LogP contribution in [0.1, 0.15) is 10.4 Å². The Morgan fingerprint density at radius 2 is 1.73 bits per heavy atom. The molecule has 15 heavy (non-hydrogen) atoms. The highest BCUT2D eigenvalue weighted by Gasteiger charge is 2.15. The summed E-state index contributed by atoms with van der Waals surface area (Å²) in [5.74, 6) is 5.00. The molecule has 0 atom stereocenters. The maximum Gasteiger partial charge on any atom is 0.303 e. The topological polar surface area (TPSA) is 74.0 Å². The van der Waals surface area contributed by atoms with E-state index in [0.717, 1.165) is 5.23 Å². The summed E-state index contributed by atoms with van der Waals surface area (Å²) in [7, 11) is 2.66. The number of nitrogens with zero attached hydrogens (tertiary/aromatic N) is 1. The van der Waals surface area contributed by atoms with Crippen molar-refractivity contribution in [3.63, 3.8) is 0 Å². The molecule has 0 aliphatic rings. The van der Waals surface area contributed by atoms with Crippen LogP contribution in [0, 0.1) is 0 Å². The summed E-state index contributed by atoms with van der Waals surface area (Å²) in [5, 5.41) is 0.762. The molecule has 1 amide bonds. The smallest absolute Gasteiger partial charge is 0.303 e. The van der Waals surface area contributed by atoms with Crippen molar-refractivity contribution in [2.75, 3.05) is 14.2 Å². The highest BCUT2D eigenvalue weighted by Crippen LogP contribution is 2.12. The van der Waals surface area contributed by atoms with Crippen LogP contribution in [-0.2, 0) is 9.68 Å². The molecule has 0 aliphatic carbocycles. The van der Waals surface area contributed by atoms with E-state index in [1.54, 1.807) is 24.3 Å². The van der Waals surface area contributed by atoms with Crippen LogP contribution in [0.3, 0.4) is 0 Å². The van der Waals surface area contributed by atoms with Gasteiger partial charge in [-0.3, -0.25) is 4.79 Å². The van der Waals surface area contributed by atoms with Crippen molar-refractivity contribution in [3.05, 3.63) is 29.8 Å². The molecule has 0 aliphatic heterocycles. The SMILES string of the molecule is CON(OC)C(=O)c1ccc(ON)cc1. The molecular formula is C9H12N2O4. The minimum absolute atomic E-state index is 0.402. The van der Waals surface area contributed by atoms with Gasteiger partial charge >= 0.3 is 5.91 Å². The molecule has 1 rings (SSSR count). The standard InChI is InChI=1S/C9H12N2O4/c1-13-11(14-2)9(12)7-3-5-8(15-10)6-4-7/h3-6H,10H2,1-2H3. The third-order valence-electron chi connectivity index (χ3n) is 1.73. The fourth-order valence-corrected chi connectivity index (χ4v) is 1.02. The lowest BCUT2D eigenvalue weighted by Crippen LogP contribution is -2.28. The van der Waals surface area contributed by atoms with Gasteiger partial charge in [0, 0.05) is 5.56 Å². The minimum Gasteiger partial charge on any atom is -0.412 e. The van der Waals surface area contributed by atoms with Gasteiger partial charge in [-0.1, -0.05) is 5.23 Å². The van der Waals surface area contributed by atoms with Gasteiger partial charge in [-0.15, -0.1) is 0 Å². The van der Waals surface area contributed by atoms with Crippen LogP contribution in [0.2, 0.25) is 0 Å². The van der Waals surface area contributed by atoms with Crippen molar-refractivity contribution in [1.29, 1.82) is 0 Å². The van der Waals surface area contributed by atoms with Crippen molar-refractivity contribution in [2.45, 2.75) is 0 Å². The molecule has 2 N–H and O–H groups in total. The molecule has 0 heterocycles. The number of carbonyl (C=O) groups excluding carboxylic acids is 1. The second kappa shape index (κ2) is 5.30. The predicted octanol–water partition coefficient (Wildman–Crippen LogP) is 0.504. The molecule has 0 saturated carbocycles. The Morgan fingerprint density at radius 3 is 2.13 bits per heavy atom. The highest BCUT2D eigenvalue weighted by molar-refractivity contribution is 5.92. The number of hydrogen-bond acceptors (Lipinski definition) is 5. The summed E-state index contributed by atoms with van der Waals surface area (Å²) in [6.07, 6.45) is 0. The summed E-state index contributed by atoms with van der Waals surface area (Å²) in [5.41, 5.74) is 0.402. The molecule has 0 aromatic heterocycles. The monoisotopic (exact) mass is 212 g/mol. The number of hydrogen-bond donors (Lipinski definition) is 1. The van der Waals surface area contributed by atoms with E-state index in [4.69, 9.17) is 5.90 Å². The Morgan fingerprint density at radius 1 is 1.20 bits per heavy atom. The van der Waals surface area contributed by atoms with Crippen molar-refractivity contribution in [3.8, 4) is 5.75 Å². The average Bonchev–Trinajstić information content (AvgIpc) is 2.30. The van der Waals surface area contributed by atoms with Gasteiger partial charge in [-0.05, 0) is 24.3 Å². The van der Waals surface area contributed by atoms with E-state index in [1.807, 2.05) is 0 Å². The van der Waals surface area contributed by atoms with E-state index in [1.165, 1.54) is 14.2 Å². The van der Waals surface area contributed by atoms with Crippen LogP contribution in [0.15, 0.2) is 24.3 Å². The highest BCUT2D eigenvalue weighted by atomic mass is 16.9. The zero-order valence-corrected chi connectivity index (χ0v) is 8.47. The number of hydroxylamine groups is 2. The molecule has 0 bridgehead atoms. The lowest BCUT2D eigenvalue weighted by atomic mass is 10.2. The summed E-state index contributed by atoms with van der Waals surface area (Å²) >= 11 is 0. The van der Waals surface area contributed by atoms with Gasteiger partial charge in [-0.2, -0.15) is 5.90 Å². The largest absolute Gasteiger partial charge is 0.412 e. The fraction of sp³-hybridized carbons (Fsp3) is 0.222. The molecule has 0 radical (unpaired) electrons. The Labute approximate surface area is 87.0 Å². The zero-order chi connectivity index (χ0) is 11.3. The van der Waals surface area contributed by atoms with Gasteiger partial charge in [0.2, 0.25) is 0 Å². The van der Waals surface area contributed by atoms with Crippen molar-refractivity contribution in [1.82, 2.24) is 5.23 Å². The quantitative estimate of drug-likeness (QED) is 0.736. The van der Waals surface area contributed by atoms with Crippen LogP contribution in [0.25, 0.3) is 0 Å². The summed E-state index contributed by atoms with van der Waals surface area (Å²) in [4.78, 5) is 25.4. The molecule has 0 spiro atoms. The van der Waals surface area contributed by atoms with E-state index in [2.05, 4.69) is 14.5 Å². The fourth-order valence-electron chi connectivity index (χ4n) is 1.02. The van der Waals surface area contributed by atoms with Crippen molar-refractivity contribution in [2.24, 2.45) is 5.90 Å². The first-order chi connectivity index (χ1) is 7.22. The lowest BCUT2D eigenvalue weighted by Gasteiger charge is -2.15.